The molecule has 138 valence electrons. The summed E-state index contributed by atoms with van der Waals surface area (Å²) in [5.74, 6) is -0.0554. The molecule has 1 N–H and O–H groups in total. The SMILES string of the molecule is O=C(/C=C/c1cccc(Cl)c1)Nn1c(-c2cccs2)nc2ccccc2c1=O. The Bertz CT molecular complexity index is 1250. The summed E-state index contributed by atoms with van der Waals surface area (Å²) in [5, 5.41) is 2.90. The summed E-state index contributed by atoms with van der Waals surface area (Å²) >= 11 is 7.40. The fourth-order valence-corrected chi connectivity index (χ4v) is 3.64. The van der Waals surface area contributed by atoms with Crippen molar-refractivity contribution in [3.8, 4) is 10.7 Å². The number of hydrogen-bond donors (Lipinski definition) is 1. The van der Waals surface area contributed by atoms with Gasteiger partial charge in [-0.25, -0.2) is 4.98 Å². The minimum atomic E-state index is -0.447. The van der Waals surface area contributed by atoms with Crippen molar-refractivity contribution in [1.82, 2.24) is 9.66 Å². The minimum absolute atomic E-state index is 0.335. The molecular weight excluding hydrogens is 394 g/mol. The average molecular weight is 408 g/mol. The van der Waals surface area contributed by atoms with Gasteiger partial charge in [0, 0.05) is 11.1 Å². The maximum Gasteiger partial charge on any atom is 0.280 e. The van der Waals surface area contributed by atoms with Gasteiger partial charge in [-0.1, -0.05) is 41.9 Å². The second kappa shape index (κ2) is 7.80. The average Bonchev–Trinajstić information content (AvgIpc) is 3.23. The van der Waals surface area contributed by atoms with Crippen LogP contribution in [0.2, 0.25) is 5.02 Å². The van der Waals surface area contributed by atoms with Gasteiger partial charge in [0.2, 0.25) is 0 Å². The zero-order chi connectivity index (χ0) is 19.5. The Morgan fingerprint density at radius 1 is 1.11 bits per heavy atom. The van der Waals surface area contributed by atoms with Crippen LogP contribution >= 0.6 is 22.9 Å². The lowest BCUT2D eigenvalue weighted by Gasteiger charge is -2.12. The molecule has 0 atom stereocenters. The van der Waals surface area contributed by atoms with Crippen molar-refractivity contribution in [2.24, 2.45) is 0 Å². The van der Waals surface area contributed by atoms with Crippen LogP contribution in [0.5, 0.6) is 0 Å². The molecule has 5 nitrogen and oxygen atoms in total. The second-order valence-corrected chi connectivity index (χ2v) is 7.32. The monoisotopic (exact) mass is 407 g/mol. The Morgan fingerprint density at radius 2 is 1.96 bits per heavy atom. The van der Waals surface area contributed by atoms with Gasteiger partial charge in [0.15, 0.2) is 5.82 Å². The highest BCUT2D eigenvalue weighted by Gasteiger charge is 2.14. The number of aromatic nitrogens is 2. The molecule has 0 aliphatic heterocycles. The van der Waals surface area contributed by atoms with E-state index in [4.69, 9.17) is 11.6 Å². The summed E-state index contributed by atoms with van der Waals surface area (Å²) in [6, 6.07) is 17.9. The van der Waals surface area contributed by atoms with Crippen molar-refractivity contribution in [3.63, 3.8) is 0 Å². The van der Waals surface area contributed by atoms with E-state index in [2.05, 4.69) is 10.4 Å². The van der Waals surface area contributed by atoms with E-state index in [1.165, 1.54) is 22.1 Å². The standard InChI is InChI=1S/C21H14ClN3O2S/c22-15-6-3-5-14(13-15)10-11-19(26)24-25-20(18-9-4-12-28-18)23-17-8-2-1-7-16(17)21(25)27/h1-13H,(H,24,26)/b11-10+. The van der Waals surface area contributed by atoms with Crippen molar-refractivity contribution in [1.29, 1.82) is 0 Å². The van der Waals surface area contributed by atoms with Crippen LogP contribution < -0.4 is 11.0 Å². The number of carbonyl (C=O) groups excluding carboxylic acids is 1. The zero-order valence-corrected chi connectivity index (χ0v) is 16.1. The molecule has 1 amide bonds. The quantitative estimate of drug-likeness (QED) is 0.504. The topological polar surface area (TPSA) is 64.0 Å². The molecule has 0 aliphatic carbocycles. The lowest BCUT2D eigenvalue weighted by Crippen LogP contribution is -2.34. The molecule has 4 rings (SSSR count). The van der Waals surface area contributed by atoms with Crippen molar-refractivity contribution in [2.45, 2.75) is 0 Å². The first-order valence-electron chi connectivity index (χ1n) is 8.42. The third kappa shape index (κ3) is 3.74. The van der Waals surface area contributed by atoms with Crippen LogP contribution in [0.1, 0.15) is 5.56 Å². The lowest BCUT2D eigenvalue weighted by atomic mass is 10.2. The van der Waals surface area contributed by atoms with Gasteiger partial charge in [0.05, 0.1) is 15.8 Å². The first-order chi connectivity index (χ1) is 13.6. The highest BCUT2D eigenvalue weighted by molar-refractivity contribution is 7.13. The molecule has 0 bridgehead atoms. The number of hydrogen-bond acceptors (Lipinski definition) is 4. The summed E-state index contributed by atoms with van der Waals surface area (Å²) in [5.41, 5.74) is 3.66. The van der Waals surface area contributed by atoms with Crippen molar-refractivity contribution >= 4 is 45.8 Å². The molecule has 2 aromatic carbocycles. The van der Waals surface area contributed by atoms with Gasteiger partial charge in [0.25, 0.3) is 11.5 Å². The number of para-hydroxylation sites is 1. The number of thiophene rings is 1. The molecule has 28 heavy (non-hydrogen) atoms. The van der Waals surface area contributed by atoms with Gasteiger partial charge in [-0.2, -0.15) is 4.68 Å². The Hall–Kier alpha value is -3.22. The molecular formula is C21H14ClN3O2S. The van der Waals surface area contributed by atoms with E-state index >= 15 is 0 Å². The number of nitrogens with zero attached hydrogens (tertiary/aromatic N) is 2. The number of amides is 1. The number of carbonyl (C=O) groups is 1. The molecule has 0 unspecified atom stereocenters. The van der Waals surface area contributed by atoms with E-state index in [0.717, 1.165) is 10.4 Å². The van der Waals surface area contributed by atoms with Crippen LogP contribution in [0.3, 0.4) is 0 Å². The third-order valence-electron chi connectivity index (χ3n) is 4.02. The van der Waals surface area contributed by atoms with Crippen LogP contribution in [0.25, 0.3) is 27.7 Å². The number of fused-ring (bicyclic) bond motifs is 1. The highest BCUT2D eigenvalue weighted by Crippen LogP contribution is 2.23. The third-order valence-corrected chi connectivity index (χ3v) is 5.12. The van der Waals surface area contributed by atoms with E-state index in [1.807, 2.05) is 29.6 Å². The van der Waals surface area contributed by atoms with E-state index in [0.29, 0.717) is 21.7 Å². The number of benzene rings is 2. The van der Waals surface area contributed by atoms with E-state index in [1.54, 1.807) is 42.5 Å². The maximum atomic E-state index is 13.0. The van der Waals surface area contributed by atoms with Gasteiger partial charge in [-0.3, -0.25) is 15.0 Å². The summed E-state index contributed by atoms with van der Waals surface area (Å²) in [6.07, 6.45) is 2.98. The Kier molecular flexibility index (Phi) is 5.06. The lowest BCUT2D eigenvalue weighted by molar-refractivity contribution is -0.112. The first-order valence-corrected chi connectivity index (χ1v) is 9.68. The maximum absolute atomic E-state index is 13.0. The smallest absolute Gasteiger partial charge is 0.268 e. The van der Waals surface area contributed by atoms with Gasteiger partial charge < -0.3 is 0 Å². The summed E-state index contributed by atoms with van der Waals surface area (Å²) in [6.45, 7) is 0. The highest BCUT2D eigenvalue weighted by atomic mass is 35.5. The number of nitrogens with one attached hydrogen (secondary N) is 1. The molecule has 0 spiro atoms. The minimum Gasteiger partial charge on any atom is -0.268 e. The molecule has 0 radical (unpaired) electrons. The number of halogens is 1. The molecule has 0 aliphatic rings. The van der Waals surface area contributed by atoms with Crippen LogP contribution in [-0.4, -0.2) is 15.6 Å². The summed E-state index contributed by atoms with van der Waals surface area (Å²) < 4.78 is 1.19. The fraction of sp³-hybridized carbons (Fsp3) is 0. The zero-order valence-electron chi connectivity index (χ0n) is 14.5. The fourth-order valence-electron chi connectivity index (χ4n) is 2.74. The molecule has 2 heterocycles. The van der Waals surface area contributed by atoms with Crippen molar-refractivity contribution < 1.29 is 4.79 Å². The Morgan fingerprint density at radius 3 is 2.75 bits per heavy atom. The molecule has 0 saturated heterocycles. The Labute approximate surface area is 169 Å². The van der Waals surface area contributed by atoms with Crippen LogP contribution in [0.4, 0.5) is 0 Å². The van der Waals surface area contributed by atoms with Crippen LogP contribution in [0.15, 0.2) is 76.9 Å². The van der Waals surface area contributed by atoms with Gasteiger partial charge >= 0.3 is 0 Å². The molecule has 0 fully saturated rings. The first kappa shape index (κ1) is 18.2. The molecule has 7 heteroatoms. The largest absolute Gasteiger partial charge is 0.280 e. The second-order valence-electron chi connectivity index (χ2n) is 5.93. The van der Waals surface area contributed by atoms with E-state index in [-0.39, 0.29) is 5.56 Å². The Balaban J connectivity index is 1.73. The van der Waals surface area contributed by atoms with E-state index < -0.39 is 5.91 Å². The molecule has 0 saturated carbocycles. The van der Waals surface area contributed by atoms with Gasteiger partial charge in [-0.15, -0.1) is 11.3 Å². The predicted molar refractivity (Wildman–Crippen MR) is 114 cm³/mol. The van der Waals surface area contributed by atoms with Gasteiger partial charge in [-0.05, 0) is 47.4 Å². The normalized spacial score (nSPS) is 11.2. The van der Waals surface area contributed by atoms with Crippen LogP contribution in [0, 0.1) is 0 Å². The summed E-state index contributed by atoms with van der Waals surface area (Å²) in [4.78, 5) is 30.8. The predicted octanol–water partition coefficient (Wildman–Crippen LogP) is 4.56. The van der Waals surface area contributed by atoms with Crippen LogP contribution in [-0.2, 0) is 4.79 Å². The van der Waals surface area contributed by atoms with E-state index in [9.17, 15) is 9.59 Å². The van der Waals surface area contributed by atoms with Crippen molar-refractivity contribution in [3.05, 3.63) is 93.1 Å². The molecule has 2 aromatic heterocycles. The van der Waals surface area contributed by atoms with Crippen molar-refractivity contribution in [2.75, 3.05) is 5.43 Å². The van der Waals surface area contributed by atoms with Gasteiger partial charge in [0.1, 0.15) is 0 Å². The summed E-state index contributed by atoms with van der Waals surface area (Å²) in [7, 11) is 0. The molecule has 4 aromatic rings. The number of rotatable bonds is 4.